The zero-order valence-corrected chi connectivity index (χ0v) is 13.3. The fraction of sp³-hybridized carbons (Fsp3) is 0.600. The summed E-state index contributed by atoms with van der Waals surface area (Å²) in [5.41, 5.74) is 0.640. The third-order valence-corrected chi connectivity index (χ3v) is 5.85. The molecule has 1 aromatic carbocycles. The van der Waals surface area contributed by atoms with Crippen molar-refractivity contribution in [3.8, 4) is 0 Å². The number of aliphatic hydroxyl groups excluding tert-OH is 1. The molecule has 0 atom stereocenters. The molecule has 0 aliphatic heterocycles. The third-order valence-electron chi connectivity index (χ3n) is 3.84. The van der Waals surface area contributed by atoms with Crippen LogP contribution in [0.1, 0.15) is 32.6 Å². The number of rotatable bonds is 8. The van der Waals surface area contributed by atoms with Gasteiger partial charge < -0.3 is 10.4 Å². The Balaban J connectivity index is 2.32. The van der Waals surface area contributed by atoms with Gasteiger partial charge in [0.25, 0.3) is 0 Å². The van der Waals surface area contributed by atoms with Crippen LogP contribution in [0.2, 0.25) is 0 Å². The molecule has 1 saturated carbocycles. The zero-order chi connectivity index (χ0) is 15.3. The van der Waals surface area contributed by atoms with E-state index in [1.54, 1.807) is 18.2 Å². The van der Waals surface area contributed by atoms with E-state index in [1.165, 1.54) is 4.31 Å². The Morgan fingerprint density at radius 2 is 2.05 bits per heavy atom. The molecule has 1 aromatic rings. The molecule has 21 heavy (non-hydrogen) atoms. The summed E-state index contributed by atoms with van der Waals surface area (Å²) in [4.78, 5) is 0.304. The number of benzene rings is 1. The minimum atomic E-state index is -3.57. The average molecular weight is 312 g/mol. The fourth-order valence-electron chi connectivity index (χ4n) is 2.50. The summed E-state index contributed by atoms with van der Waals surface area (Å²) in [6, 6.07) is 7.02. The number of hydrogen-bond acceptors (Lipinski definition) is 4. The summed E-state index contributed by atoms with van der Waals surface area (Å²) >= 11 is 0. The maximum atomic E-state index is 12.9. The number of aliphatic hydroxyl groups is 1. The molecule has 1 aliphatic carbocycles. The summed E-state index contributed by atoms with van der Waals surface area (Å²) in [6.45, 7) is 2.78. The van der Waals surface area contributed by atoms with E-state index < -0.39 is 10.0 Å². The molecule has 0 unspecified atom stereocenters. The highest BCUT2D eigenvalue weighted by molar-refractivity contribution is 7.89. The normalized spacial score (nSPS) is 16.0. The molecule has 0 amide bonds. The van der Waals surface area contributed by atoms with Crippen molar-refractivity contribution in [2.24, 2.45) is 0 Å². The molecule has 118 valence electrons. The van der Waals surface area contributed by atoms with Crippen LogP contribution in [0.5, 0.6) is 0 Å². The Kier molecular flexibility index (Phi) is 5.61. The van der Waals surface area contributed by atoms with E-state index in [-0.39, 0.29) is 19.2 Å². The van der Waals surface area contributed by atoms with Gasteiger partial charge in [0.2, 0.25) is 10.0 Å². The molecular weight excluding hydrogens is 288 g/mol. The van der Waals surface area contributed by atoms with Crippen LogP contribution in [-0.2, 0) is 10.0 Å². The molecule has 0 aromatic heterocycles. The van der Waals surface area contributed by atoms with E-state index >= 15 is 0 Å². The highest BCUT2D eigenvalue weighted by Crippen LogP contribution is 2.32. The lowest BCUT2D eigenvalue weighted by atomic mass is 9.93. The zero-order valence-electron chi connectivity index (χ0n) is 12.5. The predicted molar refractivity (Wildman–Crippen MR) is 83.8 cm³/mol. The molecule has 5 nitrogen and oxygen atoms in total. The fourth-order valence-corrected chi connectivity index (χ4v) is 4.34. The number of para-hydroxylation sites is 1. The van der Waals surface area contributed by atoms with Crippen LogP contribution in [0.4, 0.5) is 5.69 Å². The monoisotopic (exact) mass is 312 g/mol. The Morgan fingerprint density at radius 3 is 2.62 bits per heavy atom. The van der Waals surface area contributed by atoms with Gasteiger partial charge in [0.1, 0.15) is 4.90 Å². The summed E-state index contributed by atoms with van der Waals surface area (Å²) in [7, 11) is -3.57. The first-order valence-corrected chi connectivity index (χ1v) is 9.01. The van der Waals surface area contributed by atoms with E-state index in [0.717, 1.165) is 32.2 Å². The van der Waals surface area contributed by atoms with Crippen molar-refractivity contribution < 1.29 is 13.5 Å². The van der Waals surface area contributed by atoms with E-state index in [2.05, 4.69) is 5.32 Å². The Labute approximate surface area is 127 Å². The van der Waals surface area contributed by atoms with Gasteiger partial charge in [-0.15, -0.1) is 0 Å². The third kappa shape index (κ3) is 3.56. The standard InChI is InChI=1S/C15H24N2O3S/c1-2-10-16-14-8-3-4-9-15(14)21(19,20)17(11-12-18)13-6-5-7-13/h3-4,8-9,13,16,18H,2,5-7,10-12H2,1H3. The molecule has 0 saturated heterocycles. The van der Waals surface area contributed by atoms with Gasteiger partial charge in [-0.25, -0.2) is 8.42 Å². The molecule has 2 N–H and O–H groups in total. The highest BCUT2D eigenvalue weighted by Gasteiger charge is 2.35. The first kappa shape index (κ1) is 16.3. The maximum absolute atomic E-state index is 12.9. The molecule has 0 radical (unpaired) electrons. The highest BCUT2D eigenvalue weighted by atomic mass is 32.2. The van der Waals surface area contributed by atoms with E-state index in [9.17, 15) is 13.5 Å². The SMILES string of the molecule is CCCNc1ccccc1S(=O)(=O)N(CCO)C1CCC1. The van der Waals surface area contributed by atoms with E-state index in [1.807, 2.05) is 13.0 Å². The van der Waals surface area contributed by atoms with Crippen LogP contribution in [0.3, 0.4) is 0 Å². The van der Waals surface area contributed by atoms with Gasteiger partial charge in [-0.3, -0.25) is 0 Å². The number of sulfonamides is 1. The topological polar surface area (TPSA) is 69.6 Å². The van der Waals surface area contributed by atoms with Crippen LogP contribution in [0.15, 0.2) is 29.2 Å². The van der Waals surface area contributed by atoms with Crippen LogP contribution >= 0.6 is 0 Å². The van der Waals surface area contributed by atoms with Crippen molar-refractivity contribution in [2.45, 2.75) is 43.5 Å². The van der Waals surface area contributed by atoms with Crippen LogP contribution < -0.4 is 5.32 Å². The first-order chi connectivity index (χ1) is 10.1. The number of hydrogen-bond donors (Lipinski definition) is 2. The lowest BCUT2D eigenvalue weighted by molar-refractivity contribution is 0.178. The Bertz CT molecular complexity index is 556. The molecule has 0 spiro atoms. The van der Waals surface area contributed by atoms with Gasteiger partial charge in [-0.2, -0.15) is 4.31 Å². The van der Waals surface area contributed by atoms with Gasteiger partial charge in [0, 0.05) is 19.1 Å². The van der Waals surface area contributed by atoms with Crippen molar-refractivity contribution in [3.05, 3.63) is 24.3 Å². The molecule has 0 bridgehead atoms. The lowest BCUT2D eigenvalue weighted by Gasteiger charge is -2.36. The second-order valence-corrected chi connectivity index (χ2v) is 7.21. The lowest BCUT2D eigenvalue weighted by Crippen LogP contribution is -2.45. The van der Waals surface area contributed by atoms with Crippen molar-refractivity contribution >= 4 is 15.7 Å². The first-order valence-electron chi connectivity index (χ1n) is 7.57. The minimum absolute atomic E-state index is 0.0291. The van der Waals surface area contributed by atoms with Crippen molar-refractivity contribution in [1.29, 1.82) is 0 Å². The van der Waals surface area contributed by atoms with Crippen molar-refractivity contribution in [2.75, 3.05) is 25.0 Å². The molecule has 1 aliphatic rings. The van der Waals surface area contributed by atoms with Gasteiger partial charge in [-0.1, -0.05) is 25.5 Å². The second-order valence-electron chi connectivity index (χ2n) is 5.35. The summed E-state index contributed by atoms with van der Waals surface area (Å²) in [5.74, 6) is 0. The van der Waals surface area contributed by atoms with Gasteiger partial charge in [-0.05, 0) is 31.4 Å². The van der Waals surface area contributed by atoms with Gasteiger partial charge in [0.15, 0.2) is 0 Å². The number of anilines is 1. The predicted octanol–water partition coefficient (Wildman–Crippen LogP) is 2.04. The van der Waals surface area contributed by atoms with Crippen LogP contribution in [0, 0.1) is 0 Å². The van der Waals surface area contributed by atoms with E-state index in [0.29, 0.717) is 10.6 Å². The van der Waals surface area contributed by atoms with E-state index in [4.69, 9.17) is 0 Å². The van der Waals surface area contributed by atoms with Gasteiger partial charge >= 0.3 is 0 Å². The summed E-state index contributed by atoms with van der Waals surface area (Å²) < 4.78 is 27.3. The smallest absolute Gasteiger partial charge is 0.245 e. The molecular formula is C15H24N2O3S. The van der Waals surface area contributed by atoms with Crippen molar-refractivity contribution in [1.82, 2.24) is 4.31 Å². The van der Waals surface area contributed by atoms with Crippen LogP contribution in [-0.4, -0.2) is 43.6 Å². The second kappa shape index (κ2) is 7.24. The molecule has 2 rings (SSSR count). The van der Waals surface area contributed by atoms with Crippen molar-refractivity contribution in [3.63, 3.8) is 0 Å². The molecule has 6 heteroatoms. The van der Waals surface area contributed by atoms with Gasteiger partial charge in [0.05, 0.1) is 12.3 Å². The Morgan fingerprint density at radius 1 is 1.33 bits per heavy atom. The number of nitrogens with one attached hydrogen (secondary N) is 1. The molecule has 1 fully saturated rings. The maximum Gasteiger partial charge on any atom is 0.245 e. The molecule has 0 heterocycles. The summed E-state index contributed by atoms with van der Waals surface area (Å²) in [5, 5.41) is 12.4. The Hall–Kier alpha value is -1.11. The number of nitrogens with zero attached hydrogens (tertiary/aromatic N) is 1. The summed E-state index contributed by atoms with van der Waals surface area (Å²) in [6.07, 6.45) is 3.74. The van der Waals surface area contributed by atoms with Crippen LogP contribution in [0.25, 0.3) is 0 Å². The largest absolute Gasteiger partial charge is 0.395 e. The quantitative estimate of drug-likeness (QED) is 0.771. The average Bonchev–Trinajstić information content (AvgIpc) is 2.43. The minimum Gasteiger partial charge on any atom is -0.395 e.